The Labute approximate surface area is 117 Å². The van der Waals surface area contributed by atoms with Crippen molar-refractivity contribution in [1.29, 1.82) is 5.26 Å². The smallest absolute Gasteiger partial charge is 0.108 e. The number of methoxy groups -OCH3 is 1. The summed E-state index contributed by atoms with van der Waals surface area (Å²) in [6.07, 6.45) is 5.64. The zero-order valence-electron chi connectivity index (χ0n) is 12.3. The zero-order chi connectivity index (χ0) is 13.7. The third-order valence-electron chi connectivity index (χ3n) is 4.69. The molecule has 1 saturated heterocycles. The largest absolute Gasteiger partial charge is 0.384 e. The molecule has 4 heteroatoms. The fourth-order valence-electron chi connectivity index (χ4n) is 3.76. The lowest BCUT2D eigenvalue weighted by Gasteiger charge is -2.40. The number of ether oxygens (including phenoxy) is 1. The third kappa shape index (κ3) is 3.47. The van der Waals surface area contributed by atoms with E-state index in [-0.39, 0.29) is 5.54 Å². The minimum absolute atomic E-state index is 0.281. The molecule has 3 unspecified atom stereocenters. The number of likely N-dealkylation sites (tertiary alicyclic amines) is 1. The first-order valence-corrected chi connectivity index (χ1v) is 7.62. The molecule has 1 heterocycles. The van der Waals surface area contributed by atoms with Gasteiger partial charge in [0.25, 0.3) is 0 Å². The van der Waals surface area contributed by atoms with E-state index in [1.165, 1.54) is 19.4 Å². The molecule has 2 fully saturated rings. The van der Waals surface area contributed by atoms with Crippen molar-refractivity contribution < 1.29 is 4.74 Å². The third-order valence-corrected chi connectivity index (χ3v) is 4.69. The van der Waals surface area contributed by atoms with Gasteiger partial charge in [0.15, 0.2) is 0 Å². The summed E-state index contributed by atoms with van der Waals surface area (Å²) < 4.78 is 5.27. The molecule has 2 rings (SSSR count). The van der Waals surface area contributed by atoms with Crippen LogP contribution >= 0.6 is 0 Å². The van der Waals surface area contributed by atoms with Crippen molar-refractivity contribution in [2.75, 3.05) is 33.4 Å². The molecule has 4 nitrogen and oxygen atoms in total. The highest BCUT2D eigenvalue weighted by molar-refractivity contribution is 5.11. The average molecular weight is 265 g/mol. The second kappa shape index (κ2) is 6.69. The van der Waals surface area contributed by atoms with Crippen LogP contribution in [-0.2, 0) is 4.74 Å². The Kier molecular flexibility index (Phi) is 5.20. The lowest BCUT2D eigenvalue weighted by atomic mass is 9.79. The fraction of sp³-hybridized carbons (Fsp3) is 0.933. The Bertz CT molecular complexity index is 324. The monoisotopic (exact) mass is 265 g/mol. The van der Waals surface area contributed by atoms with Crippen molar-refractivity contribution in [2.24, 2.45) is 5.92 Å². The quantitative estimate of drug-likeness (QED) is 0.823. The van der Waals surface area contributed by atoms with Crippen LogP contribution in [0, 0.1) is 17.2 Å². The van der Waals surface area contributed by atoms with E-state index in [9.17, 15) is 5.26 Å². The maximum Gasteiger partial charge on any atom is 0.108 e. The highest BCUT2D eigenvalue weighted by atomic mass is 16.5. The van der Waals surface area contributed by atoms with Gasteiger partial charge in [0.1, 0.15) is 5.54 Å². The van der Waals surface area contributed by atoms with E-state index in [1.807, 2.05) is 0 Å². The van der Waals surface area contributed by atoms with Gasteiger partial charge in [0.2, 0.25) is 0 Å². The SMILES string of the molecule is CCNC1(C#N)CCCC(N2CCC(COC)C2)C1. The molecule has 108 valence electrons. The molecule has 1 saturated carbocycles. The summed E-state index contributed by atoms with van der Waals surface area (Å²) in [6, 6.07) is 3.12. The first-order chi connectivity index (χ1) is 9.23. The van der Waals surface area contributed by atoms with Crippen LogP contribution in [-0.4, -0.2) is 49.8 Å². The van der Waals surface area contributed by atoms with E-state index in [4.69, 9.17) is 4.74 Å². The Morgan fingerprint density at radius 1 is 1.47 bits per heavy atom. The predicted molar refractivity (Wildman–Crippen MR) is 75.8 cm³/mol. The second-order valence-corrected chi connectivity index (χ2v) is 6.08. The Morgan fingerprint density at radius 3 is 3.00 bits per heavy atom. The number of nitrogens with zero attached hydrogens (tertiary/aromatic N) is 2. The standard InChI is InChI=1S/C15H27N3O/c1-3-17-15(12-16)7-4-5-14(9-15)18-8-6-13(10-18)11-19-2/h13-14,17H,3-11H2,1-2H3. The van der Waals surface area contributed by atoms with Crippen molar-refractivity contribution in [2.45, 2.75) is 50.6 Å². The number of nitriles is 1. The number of nitrogens with one attached hydrogen (secondary N) is 1. The lowest BCUT2D eigenvalue weighted by Crippen LogP contribution is -2.52. The van der Waals surface area contributed by atoms with Gasteiger partial charge in [-0.15, -0.1) is 0 Å². The summed E-state index contributed by atoms with van der Waals surface area (Å²) >= 11 is 0. The van der Waals surface area contributed by atoms with Crippen LogP contribution in [0.4, 0.5) is 0 Å². The molecule has 1 N–H and O–H groups in total. The van der Waals surface area contributed by atoms with Crippen molar-refractivity contribution in [3.05, 3.63) is 0 Å². The minimum Gasteiger partial charge on any atom is -0.384 e. The fourth-order valence-corrected chi connectivity index (χ4v) is 3.76. The molecular formula is C15H27N3O. The molecule has 0 radical (unpaired) electrons. The molecule has 0 aromatic rings. The van der Waals surface area contributed by atoms with Gasteiger partial charge in [-0.05, 0) is 51.1 Å². The molecule has 19 heavy (non-hydrogen) atoms. The molecule has 1 aliphatic carbocycles. The first kappa shape index (κ1) is 14.8. The van der Waals surface area contributed by atoms with Gasteiger partial charge >= 0.3 is 0 Å². The highest BCUT2D eigenvalue weighted by Crippen LogP contribution is 2.33. The topological polar surface area (TPSA) is 48.3 Å². The highest BCUT2D eigenvalue weighted by Gasteiger charge is 2.39. The molecule has 0 aromatic heterocycles. The Balaban J connectivity index is 1.93. The van der Waals surface area contributed by atoms with Crippen LogP contribution in [0.2, 0.25) is 0 Å². The summed E-state index contributed by atoms with van der Waals surface area (Å²) in [4.78, 5) is 2.59. The van der Waals surface area contributed by atoms with Crippen molar-refractivity contribution >= 4 is 0 Å². The second-order valence-electron chi connectivity index (χ2n) is 6.08. The molecule has 3 atom stereocenters. The lowest BCUT2D eigenvalue weighted by molar-refractivity contribution is 0.122. The van der Waals surface area contributed by atoms with Gasteiger partial charge < -0.3 is 4.74 Å². The summed E-state index contributed by atoms with van der Waals surface area (Å²) in [5.74, 6) is 0.683. The Morgan fingerprint density at radius 2 is 2.32 bits per heavy atom. The number of hydrogen-bond acceptors (Lipinski definition) is 4. The van der Waals surface area contributed by atoms with Gasteiger partial charge in [-0.2, -0.15) is 5.26 Å². The molecule has 1 aliphatic heterocycles. The van der Waals surface area contributed by atoms with Crippen LogP contribution in [0.5, 0.6) is 0 Å². The van der Waals surface area contributed by atoms with E-state index in [2.05, 4.69) is 23.2 Å². The van der Waals surface area contributed by atoms with Crippen molar-refractivity contribution in [3.8, 4) is 6.07 Å². The summed E-state index contributed by atoms with van der Waals surface area (Å²) in [7, 11) is 1.79. The van der Waals surface area contributed by atoms with Gasteiger partial charge in [-0.1, -0.05) is 6.92 Å². The van der Waals surface area contributed by atoms with E-state index in [0.717, 1.165) is 39.0 Å². The zero-order valence-corrected chi connectivity index (χ0v) is 12.3. The minimum atomic E-state index is -0.281. The van der Waals surface area contributed by atoms with E-state index < -0.39 is 0 Å². The van der Waals surface area contributed by atoms with E-state index in [1.54, 1.807) is 7.11 Å². The van der Waals surface area contributed by atoms with Crippen LogP contribution in [0.1, 0.15) is 39.0 Å². The van der Waals surface area contributed by atoms with Crippen LogP contribution in [0.25, 0.3) is 0 Å². The van der Waals surface area contributed by atoms with Crippen LogP contribution in [0.3, 0.4) is 0 Å². The first-order valence-electron chi connectivity index (χ1n) is 7.62. The van der Waals surface area contributed by atoms with Gasteiger partial charge in [-0.25, -0.2) is 0 Å². The number of hydrogen-bond donors (Lipinski definition) is 1. The van der Waals surface area contributed by atoms with Gasteiger partial charge in [0.05, 0.1) is 12.7 Å². The van der Waals surface area contributed by atoms with Crippen molar-refractivity contribution in [3.63, 3.8) is 0 Å². The summed E-state index contributed by atoms with van der Waals surface area (Å²) in [5, 5.41) is 12.9. The van der Waals surface area contributed by atoms with Gasteiger partial charge in [0, 0.05) is 19.7 Å². The average Bonchev–Trinajstić information content (AvgIpc) is 2.88. The molecule has 2 aliphatic rings. The molecular weight excluding hydrogens is 238 g/mol. The molecule has 0 aromatic carbocycles. The van der Waals surface area contributed by atoms with Gasteiger partial charge in [-0.3, -0.25) is 10.2 Å². The number of rotatable bonds is 5. The molecule has 0 bridgehead atoms. The normalized spacial score (nSPS) is 36.3. The van der Waals surface area contributed by atoms with Crippen LogP contribution < -0.4 is 5.32 Å². The van der Waals surface area contributed by atoms with Crippen LogP contribution in [0.15, 0.2) is 0 Å². The predicted octanol–water partition coefficient (Wildman–Crippen LogP) is 1.77. The molecule has 0 spiro atoms. The maximum absolute atomic E-state index is 9.52. The van der Waals surface area contributed by atoms with E-state index in [0.29, 0.717) is 12.0 Å². The summed E-state index contributed by atoms with van der Waals surface area (Å²) in [5.41, 5.74) is -0.281. The molecule has 0 amide bonds. The van der Waals surface area contributed by atoms with E-state index >= 15 is 0 Å². The Hall–Kier alpha value is -0.630. The summed E-state index contributed by atoms with van der Waals surface area (Å²) in [6.45, 7) is 6.16. The maximum atomic E-state index is 9.52. The van der Waals surface area contributed by atoms with Crippen molar-refractivity contribution in [1.82, 2.24) is 10.2 Å².